The fraction of sp³-hybridized carbons (Fsp3) is 0.692. The van der Waals surface area contributed by atoms with E-state index in [0.29, 0.717) is 0 Å². The lowest BCUT2D eigenvalue weighted by atomic mass is 10.4. The van der Waals surface area contributed by atoms with Gasteiger partial charge < -0.3 is 18.9 Å². The van der Waals surface area contributed by atoms with E-state index >= 15 is 0 Å². The summed E-state index contributed by atoms with van der Waals surface area (Å²) in [6.07, 6.45) is -0.349. The molecule has 0 radical (unpaired) electrons. The molecule has 0 saturated carbocycles. The van der Waals surface area contributed by atoms with Crippen LogP contribution in [0.4, 0.5) is 0 Å². The molecule has 0 fully saturated rings. The van der Waals surface area contributed by atoms with Crippen LogP contribution in [0.5, 0.6) is 0 Å². The van der Waals surface area contributed by atoms with Gasteiger partial charge in [0.15, 0.2) is 0 Å². The van der Waals surface area contributed by atoms with Crippen molar-refractivity contribution >= 4 is 23.9 Å². The maximum atomic E-state index is 11.1. The largest absolute Gasteiger partial charge is 0.428 e. The molecule has 0 aliphatic rings. The van der Waals surface area contributed by atoms with Gasteiger partial charge >= 0.3 is 23.9 Å². The van der Waals surface area contributed by atoms with Crippen LogP contribution >= 0.6 is 0 Å². The fourth-order valence-electron chi connectivity index (χ4n) is 0.746. The van der Waals surface area contributed by atoms with Crippen LogP contribution in [-0.2, 0) is 38.1 Å². The molecule has 0 amide bonds. The highest BCUT2D eigenvalue weighted by molar-refractivity contribution is 5.91. The zero-order valence-electron chi connectivity index (χ0n) is 10.8. The average molecular weight is 308 g/mol. The van der Waals surface area contributed by atoms with Gasteiger partial charge in [-0.3, -0.25) is 19.2 Å². The van der Waals surface area contributed by atoms with Crippen molar-refractivity contribution in [2.75, 3.05) is 13.6 Å². The SMILES string of the molecule is C.C.CCC(=O)OCOC(=O)CC(=O)OCOC(=O)CC. The predicted molar refractivity (Wildman–Crippen MR) is 72.8 cm³/mol. The Labute approximate surface area is 124 Å². The number of ether oxygens (including phenoxy) is 4. The minimum absolute atomic E-state index is 0. The smallest absolute Gasteiger partial charge is 0.320 e. The van der Waals surface area contributed by atoms with Gasteiger partial charge in [-0.25, -0.2) is 0 Å². The van der Waals surface area contributed by atoms with E-state index in [0.717, 1.165) is 0 Å². The topological polar surface area (TPSA) is 105 Å². The number of carbonyl (C=O) groups excluding carboxylic acids is 4. The van der Waals surface area contributed by atoms with Crippen LogP contribution < -0.4 is 0 Å². The van der Waals surface area contributed by atoms with E-state index in [1.165, 1.54) is 0 Å². The van der Waals surface area contributed by atoms with Gasteiger partial charge in [0.2, 0.25) is 13.6 Å². The molecule has 0 aromatic rings. The lowest BCUT2D eigenvalue weighted by Gasteiger charge is -2.06. The fourth-order valence-corrected chi connectivity index (χ4v) is 0.746. The molecule has 0 rings (SSSR count). The van der Waals surface area contributed by atoms with E-state index in [-0.39, 0.29) is 27.7 Å². The van der Waals surface area contributed by atoms with Crippen molar-refractivity contribution in [1.29, 1.82) is 0 Å². The van der Waals surface area contributed by atoms with Crippen LogP contribution in [0.3, 0.4) is 0 Å². The standard InChI is InChI=1S/C11H16O8.2CH4/c1-3-8(12)16-6-18-10(14)5-11(15)19-7-17-9(13)4-2;;/h3-7H2,1-2H3;2*1H4. The van der Waals surface area contributed by atoms with Crippen molar-refractivity contribution in [2.45, 2.75) is 48.0 Å². The Hall–Kier alpha value is -2.12. The van der Waals surface area contributed by atoms with E-state index in [2.05, 4.69) is 18.9 Å². The van der Waals surface area contributed by atoms with Gasteiger partial charge in [0.05, 0.1) is 0 Å². The molecule has 21 heavy (non-hydrogen) atoms. The van der Waals surface area contributed by atoms with Gasteiger partial charge in [0.1, 0.15) is 6.42 Å². The molecule has 0 aliphatic heterocycles. The summed E-state index contributed by atoms with van der Waals surface area (Å²) in [6.45, 7) is 2.06. The molecule has 0 aliphatic carbocycles. The van der Waals surface area contributed by atoms with Gasteiger partial charge in [-0.05, 0) is 0 Å². The quantitative estimate of drug-likeness (QED) is 0.378. The summed E-state index contributed by atoms with van der Waals surface area (Å²) >= 11 is 0. The second-order valence-electron chi connectivity index (χ2n) is 3.18. The third kappa shape index (κ3) is 14.1. The van der Waals surface area contributed by atoms with Crippen molar-refractivity contribution in [2.24, 2.45) is 0 Å². The van der Waals surface area contributed by atoms with Crippen molar-refractivity contribution in [3.05, 3.63) is 0 Å². The van der Waals surface area contributed by atoms with E-state index in [1.54, 1.807) is 13.8 Å². The zero-order valence-corrected chi connectivity index (χ0v) is 10.8. The summed E-state index contributed by atoms with van der Waals surface area (Å²) in [5.41, 5.74) is 0. The van der Waals surface area contributed by atoms with Gasteiger partial charge in [-0.2, -0.15) is 0 Å². The molecule has 0 bridgehead atoms. The summed E-state index contributed by atoms with van der Waals surface area (Å²) in [4.78, 5) is 43.5. The van der Waals surface area contributed by atoms with Gasteiger partial charge in [0, 0.05) is 12.8 Å². The Morgan fingerprint density at radius 3 is 1.19 bits per heavy atom. The number of esters is 4. The Balaban J connectivity index is -0.00000162. The molecule has 0 saturated heterocycles. The number of hydrogen-bond acceptors (Lipinski definition) is 8. The molecular formula is C13H24O8. The van der Waals surface area contributed by atoms with Crippen molar-refractivity contribution in [1.82, 2.24) is 0 Å². The summed E-state index contributed by atoms with van der Waals surface area (Å²) in [7, 11) is 0. The molecule has 0 atom stereocenters. The lowest BCUT2D eigenvalue weighted by Crippen LogP contribution is -2.18. The molecule has 0 unspecified atom stereocenters. The number of rotatable bonds is 8. The number of carbonyl (C=O) groups is 4. The highest BCUT2D eigenvalue weighted by Gasteiger charge is 2.13. The van der Waals surface area contributed by atoms with Crippen LogP contribution in [0.15, 0.2) is 0 Å². The molecule has 8 heteroatoms. The molecule has 0 aromatic carbocycles. The maximum Gasteiger partial charge on any atom is 0.320 e. The van der Waals surface area contributed by atoms with Crippen LogP contribution in [0, 0.1) is 0 Å². The van der Waals surface area contributed by atoms with Gasteiger partial charge in [0.25, 0.3) is 0 Å². The predicted octanol–water partition coefficient (Wildman–Crippen LogP) is 1.56. The van der Waals surface area contributed by atoms with E-state index < -0.39 is 43.9 Å². The Morgan fingerprint density at radius 2 is 0.905 bits per heavy atom. The first kappa shape index (κ1) is 23.9. The van der Waals surface area contributed by atoms with E-state index in [1.807, 2.05) is 0 Å². The van der Waals surface area contributed by atoms with E-state index in [9.17, 15) is 19.2 Å². The molecule has 0 N–H and O–H groups in total. The zero-order chi connectivity index (χ0) is 14.7. The second kappa shape index (κ2) is 14.3. The van der Waals surface area contributed by atoms with Gasteiger partial charge in [-0.15, -0.1) is 0 Å². The summed E-state index contributed by atoms with van der Waals surface area (Å²) in [5, 5.41) is 0. The third-order valence-corrected chi connectivity index (χ3v) is 1.75. The molecule has 0 aromatic heterocycles. The minimum Gasteiger partial charge on any atom is -0.428 e. The van der Waals surface area contributed by atoms with E-state index in [4.69, 9.17) is 0 Å². The molecular weight excluding hydrogens is 284 g/mol. The molecule has 0 spiro atoms. The summed E-state index contributed by atoms with van der Waals surface area (Å²) in [6, 6.07) is 0. The third-order valence-electron chi connectivity index (χ3n) is 1.75. The van der Waals surface area contributed by atoms with Crippen molar-refractivity contribution in [3.8, 4) is 0 Å². The van der Waals surface area contributed by atoms with Crippen LogP contribution in [0.25, 0.3) is 0 Å². The Kier molecular flexibility index (Phi) is 16.3. The van der Waals surface area contributed by atoms with Crippen LogP contribution in [0.1, 0.15) is 48.0 Å². The number of hydrogen-bond donors (Lipinski definition) is 0. The first-order chi connectivity index (χ1) is 8.99. The maximum absolute atomic E-state index is 11.1. The lowest BCUT2D eigenvalue weighted by molar-refractivity contribution is -0.173. The summed E-state index contributed by atoms with van der Waals surface area (Å²) < 4.78 is 17.8. The minimum atomic E-state index is -0.907. The van der Waals surface area contributed by atoms with Crippen molar-refractivity contribution in [3.63, 3.8) is 0 Å². The first-order valence-corrected chi connectivity index (χ1v) is 5.62. The first-order valence-electron chi connectivity index (χ1n) is 5.62. The van der Waals surface area contributed by atoms with Crippen LogP contribution in [-0.4, -0.2) is 37.5 Å². The van der Waals surface area contributed by atoms with Crippen molar-refractivity contribution < 1.29 is 38.1 Å². The Morgan fingerprint density at radius 1 is 0.619 bits per heavy atom. The summed E-state index contributed by atoms with van der Waals surface area (Å²) in [5.74, 6) is -2.87. The highest BCUT2D eigenvalue weighted by atomic mass is 16.7. The Bertz CT molecular complexity index is 305. The second-order valence-corrected chi connectivity index (χ2v) is 3.18. The highest BCUT2D eigenvalue weighted by Crippen LogP contribution is 1.94. The molecule has 124 valence electrons. The average Bonchev–Trinajstić information content (AvgIpc) is 2.37. The molecule has 0 heterocycles. The molecule has 8 nitrogen and oxygen atoms in total. The normalized spacial score (nSPS) is 8.48. The van der Waals surface area contributed by atoms with Crippen LogP contribution in [0.2, 0.25) is 0 Å². The monoisotopic (exact) mass is 308 g/mol. The van der Waals surface area contributed by atoms with Gasteiger partial charge in [-0.1, -0.05) is 28.7 Å².